The Bertz CT molecular complexity index is 531. The molecule has 1 aliphatic heterocycles. The van der Waals surface area contributed by atoms with Crippen molar-refractivity contribution in [3.63, 3.8) is 0 Å². The minimum absolute atomic E-state index is 0.405. The van der Waals surface area contributed by atoms with E-state index in [-0.39, 0.29) is 0 Å². The largest absolute Gasteiger partial charge is 0.374 e. The zero-order valence-electron chi connectivity index (χ0n) is 12.7. The van der Waals surface area contributed by atoms with Gasteiger partial charge in [-0.2, -0.15) is 0 Å². The number of pyridine rings is 1. The fraction of sp³-hybridized carbons (Fsp3) is 0.706. The fourth-order valence-corrected chi connectivity index (χ4v) is 4.26. The van der Waals surface area contributed by atoms with Crippen molar-refractivity contribution >= 4 is 5.82 Å². The lowest BCUT2D eigenvalue weighted by Gasteiger charge is -2.39. The van der Waals surface area contributed by atoms with Crippen LogP contribution in [0.15, 0.2) is 6.07 Å². The van der Waals surface area contributed by atoms with Crippen molar-refractivity contribution in [3.8, 4) is 0 Å². The molecule has 2 heterocycles. The Kier molecular flexibility index (Phi) is 3.59. The van der Waals surface area contributed by atoms with Gasteiger partial charge in [0.25, 0.3) is 0 Å². The highest BCUT2D eigenvalue weighted by atomic mass is 16.5. The van der Waals surface area contributed by atoms with Crippen LogP contribution in [0.2, 0.25) is 0 Å². The molecule has 2 fully saturated rings. The number of nitrogens with two attached hydrogens (primary N) is 1. The Morgan fingerprint density at radius 1 is 1.24 bits per heavy atom. The van der Waals surface area contributed by atoms with Gasteiger partial charge in [-0.25, -0.2) is 4.98 Å². The summed E-state index contributed by atoms with van der Waals surface area (Å²) >= 11 is 0. The van der Waals surface area contributed by atoms with E-state index in [1.165, 1.54) is 55.3 Å². The van der Waals surface area contributed by atoms with Gasteiger partial charge in [-0.05, 0) is 56.6 Å². The Labute approximate surface area is 126 Å². The van der Waals surface area contributed by atoms with Crippen LogP contribution in [0.5, 0.6) is 0 Å². The lowest BCUT2D eigenvalue weighted by Crippen LogP contribution is -2.49. The van der Waals surface area contributed by atoms with E-state index in [0.29, 0.717) is 18.7 Å². The molecule has 4 heteroatoms. The monoisotopic (exact) mass is 287 g/mol. The summed E-state index contributed by atoms with van der Waals surface area (Å²) in [5.74, 6) is 1.15. The molecule has 0 aromatic carbocycles. The molecular weight excluding hydrogens is 262 g/mol. The van der Waals surface area contributed by atoms with Crippen molar-refractivity contribution < 1.29 is 4.74 Å². The van der Waals surface area contributed by atoms with Crippen LogP contribution in [0.25, 0.3) is 0 Å². The smallest absolute Gasteiger partial charge is 0.133 e. The molecule has 2 atom stereocenters. The quantitative estimate of drug-likeness (QED) is 0.906. The zero-order chi connectivity index (χ0) is 14.2. The molecule has 1 aromatic heterocycles. The molecule has 2 aliphatic carbocycles. The maximum absolute atomic E-state index is 6.03. The predicted octanol–water partition coefficient (Wildman–Crippen LogP) is 2.18. The number of hydrogen-bond donors (Lipinski definition) is 1. The van der Waals surface area contributed by atoms with Gasteiger partial charge >= 0.3 is 0 Å². The second-order valence-electron chi connectivity index (χ2n) is 6.59. The lowest BCUT2D eigenvalue weighted by atomic mass is 9.94. The molecule has 0 bridgehead atoms. The normalized spacial score (nSPS) is 28.3. The van der Waals surface area contributed by atoms with Crippen molar-refractivity contribution in [2.75, 3.05) is 18.1 Å². The lowest BCUT2D eigenvalue weighted by molar-refractivity contribution is 0.0252. The number of ether oxygens (including phenoxy) is 1. The molecule has 0 spiro atoms. The minimum Gasteiger partial charge on any atom is -0.374 e. The number of fused-ring (bicyclic) bond motifs is 2. The van der Waals surface area contributed by atoms with Gasteiger partial charge in [0.1, 0.15) is 5.82 Å². The van der Waals surface area contributed by atoms with Gasteiger partial charge in [0.15, 0.2) is 0 Å². The third kappa shape index (κ3) is 2.34. The van der Waals surface area contributed by atoms with Gasteiger partial charge in [-0.3, -0.25) is 0 Å². The number of morpholine rings is 1. The maximum atomic E-state index is 6.03. The van der Waals surface area contributed by atoms with E-state index in [9.17, 15) is 0 Å². The topological polar surface area (TPSA) is 51.4 Å². The zero-order valence-corrected chi connectivity index (χ0v) is 12.7. The van der Waals surface area contributed by atoms with Crippen molar-refractivity contribution in [1.82, 2.24) is 4.98 Å². The fourth-order valence-electron chi connectivity index (χ4n) is 4.26. The van der Waals surface area contributed by atoms with Crippen molar-refractivity contribution in [2.24, 2.45) is 5.73 Å². The summed E-state index contributed by atoms with van der Waals surface area (Å²) in [6, 6.07) is 2.84. The second-order valence-corrected chi connectivity index (χ2v) is 6.59. The number of hydrogen-bond acceptors (Lipinski definition) is 4. The number of rotatable bonds is 2. The van der Waals surface area contributed by atoms with E-state index in [1.807, 2.05) is 0 Å². The van der Waals surface area contributed by atoms with Crippen LogP contribution in [0.1, 0.15) is 48.9 Å². The molecule has 1 saturated heterocycles. The molecule has 2 N–H and O–H groups in total. The molecular formula is C17H25N3O. The molecule has 2 unspecified atom stereocenters. The first kappa shape index (κ1) is 13.5. The molecule has 1 saturated carbocycles. The minimum atomic E-state index is 0.405. The molecule has 4 nitrogen and oxygen atoms in total. The van der Waals surface area contributed by atoms with E-state index in [1.54, 1.807) is 0 Å². The van der Waals surface area contributed by atoms with Crippen LogP contribution in [-0.4, -0.2) is 30.3 Å². The molecule has 4 rings (SSSR count). The average Bonchev–Trinajstić information content (AvgIpc) is 3.02. The van der Waals surface area contributed by atoms with Crippen LogP contribution in [-0.2, 0) is 24.1 Å². The molecule has 21 heavy (non-hydrogen) atoms. The van der Waals surface area contributed by atoms with Crippen LogP contribution in [0.4, 0.5) is 5.82 Å². The van der Waals surface area contributed by atoms with Crippen LogP contribution in [0.3, 0.4) is 0 Å². The SMILES string of the molecule is NCc1cc2c(nc1N1CCOC3CCCC31)CCCC2. The van der Waals surface area contributed by atoms with E-state index in [4.69, 9.17) is 15.5 Å². The Hall–Kier alpha value is -1.13. The van der Waals surface area contributed by atoms with E-state index >= 15 is 0 Å². The molecule has 0 radical (unpaired) electrons. The first-order valence-corrected chi connectivity index (χ1v) is 8.47. The van der Waals surface area contributed by atoms with Gasteiger partial charge in [0.05, 0.1) is 18.8 Å². The number of aryl methyl sites for hydroxylation is 2. The predicted molar refractivity (Wildman–Crippen MR) is 83.5 cm³/mol. The maximum Gasteiger partial charge on any atom is 0.133 e. The Balaban J connectivity index is 1.72. The van der Waals surface area contributed by atoms with E-state index in [0.717, 1.165) is 25.4 Å². The van der Waals surface area contributed by atoms with Crippen LogP contribution in [0, 0.1) is 0 Å². The van der Waals surface area contributed by atoms with Crippen molar-refractivity contribution in [3.05, 3.63) is 22.9 Å². The summed E-state index contributed by atoms with van der Waals surface area (Å²) in [4.78, 5) is 7.56. The summed E-state index contributed by atoms with van der Waals surface area (Å²) < 4.78 is 5.94. The van der Waals surface area contributed by atoms with Gasteiger partial charge in [-0.1, -0.05) is 0 Å². The Morgan fingerprint density at radius 3 is 3.05 bits per heavy atom. The standard InChI is InChI=1S/C17H25N3O/c18-11-13-10-12-4-1-2-5-14(12)19-17(13)20-8-9-21-16-7-3-6-15(16)20/h10,15-16H,1-9,11,18H2. The van der Waals surface area contributed by atoms with Gasteiger partial charge in [0.2, 0.25) is 0 Å². The summed E-state index contributed by atoms with van der Waals surface area (Å²) in [6.45, 7) is 2.37. The number of nitrogens with zero attached hydrogens (tertiary/aromatic N) is 2. The molecule has 1 aromatic rings. The van der Waals surface area contributed by atoms with Crippen molar-refractivity contribution in [2.45, 2.75) is 63.6 Å². The Morgan fingerprint density at radius 2 is 2.14 bits per heavy atom. The van der Waals surface area contributed by atoms with Gasteiger partial charge < -0.3 is 15.4 Å². The summed E-state index contributed by atoms with van der Waals surface area (Å²) in [5, 5.41) is 0. The highest BCUT2D eigenvalue weighted by Gasteiger charge is 2.37. The second kappa shape index (κ2) is 5.58. The molecule has 3 aliphatic rings. The summed E-state index contributed by atoms with van der Waals surface area (Å²) in [7, 11) is 0. The summed E-state index contributed by atoms with van der Waals surface area (Å²) in [5.41, 5.74) is 10.0. The van der Waals surface area contributed by atoms with Crippen LogP contribution < -0.4 is 10.6 Å². The first-order valence-electron chi connectivity index (χ1n) is 8.47. The van der Waals surface area contributed by atoms with E-state index in [2.05, 4.69) is 11.0 Å². The third-order valence-electron chi connectivity index (χ3n) is 5.33. The number of anilines is 1. The van der Waals surface area contributed by atoms with Gasteiger partial charge in [-0.15, -0.1) is 0 Å². The first-order chi connectivity index (χ1) is 10.4. The molecule has 0 amide bonds. The third-order valence-corrected chi connectivity index (χ3v) is 5.33. The number of aromatic nitrogens is 1. The highest BCUT2D eigenvalue weighted by molar-refractivity contribution is 5.52. The molecule has 114 valence electrons. The highest BCUT2D eigenvalue weighted by Crippen LogP contribution is 2.35. The summed E-state index contributed by atoms with van der Waals surface area (Å²) in [6.07, 6.45) is 8.97. The average molecular weight is 287 g/mol. The van der Waals surface area contributed by atoms with Crippen LogP contribution >= 0.6 is 0 Å². The van der Waals surface area contributed by atoms with E-state index < -0.39 is 0 Å². The van der Waals surface area contributed by atoms with Crippen molar-refractivity contribution in [1.29, 1.82) is 0 Å². The van der Waals surface area contributed by atoms with Gasteiger partial charge in [0, 0.05) is 24.3 Å².